The molecule has 2 amide bonds. The van der Waals surface area contributed by atoms with Crippen molar-refractivity contribution in [3.63, 3.8) is 0 Å². The highest BCUT2D eigenvalue weighted by atomic mass is 16.2. The molecule has 1 aromatic carbocycles. The maximum atomic E-state index is 12.9. The molecular formula is C22H33N3O2. The maximum absolute atomic E-state index is 12.9. The van der Waals surface area contributed by atoms with Gasteiger partial charge < -0.3 is 10.2 Å². The van der Waals surface area contributed by atoms with Crippen LogP contribution in [0.2, 0.25) is 0 Å². The average Bonchev–Trinajstić information content (AvgIpc) is 2.94. The second-order valence-electron chi connectivity index (χ2n) is 7.83. The Balaban J connectivity index is 1.55. The van der Waals surface area contributed by atoms with E-state index >= 15 is 0 Å². The predicted molar refractivity (Wildman–Crippen MR) is 108 cm³/mol. The lowest BCUT2D eigenvalue weighted by molar-refractivity contribution is -0.122. The van der Waals surface area contributed by atoms with Crippen LogP contribution >= 0.6 is 0 Å². The van der Waals surface area contributed by atoms with Crippen LogP contribution in [0.25, 0.3) is 0 Å². The number of hydrogen-bond acceptors (Lipinski definition) is 3. The summed E-state index contributed by atoms with van der Waals surface area (Å²) >= 11 is 0. The van der Waals surface area contributed by atoms with Crippen molar-refractivity contribution in [3.8, 4) is 0 Å². The number of nitrogens with zero attached hydrogens (tertiary/aromatic N) is 2. The molecule has 0 atom stereocenters. The molecule has 2 fully saturated rings. The molecule has 148 valence electrons. The number of carbonyl (C=O) groups excluding carboxylic acids is 2. The first-order chi connectivity index (χ1) is 13.2. The Morgan fingerprint density at radius 3 is 2.41 bits per heavy atom. The summed E-state index contributed by atoms with van der Waals surface area (Å²) in [5.74, 6) is 0.851. The zero-order chi connectivity index (χ0) is 19.1. The number of carbonyl (C=O) groups is 2. The summed E-state index contributed by atoms with van der Waals surface area (Å²) < 4.78 is 0. The Hall–Kier alpha value is -1.88. The lowest BCUT2D eigenvalue weighted by Crippen LogP contribution is -2.40. The summed E-state index contributed by atoms with van der Waals surface area (Å²) in [6.07, 6.45) is 7.48. The normalized spacial score (nSPS) is 19.5. The minimum absolute atomic E-state index is 0.0654. The van der Waals surface area contributed by atoms with Crippen LogP contribution in [-0.4, -0.2) is 60.9 Å². The zero-order valence-electron chi connectivity index (χ0n) is 16.6. The number of likely N-dealkylation sites (N-methyl/N-ethyl adjacent to an activating group) is 1. The molecule has 1 N–H and O–H groups in total. The minimum atomic E-state index is 0.0654. The fourth-order valence-corrected chi connectivity index (χ4v) is 4.30. The van der Waals surface area contributed by atoms with E-state index in [1.54, 1.807) is 0 Å². The van der Waals surface area contributed by atoms with Crippen molar-refractivity contribution >= 4 is 11.8 Å². The van der Waals surface area contributed by atoms with Crippen molar-refractivity contribution < 1.29 is 9.59 Å². The standard InChI is InChI=1S/C22H33N3O2/c1-2-23-21(26)17-24-13-6-14-25(16-15-24)22(27)20-11-9-19(10-12-20)18-7-4-3-5-8-18/h9-12,18H,2-8,13-17H2,1H3,(H,23,26). The van der Waals surface area contributed by atoms with Gasteiger partial charge in [0.15, 0.2) is 0 Å². The average molecular weight is 372 g/mol. The summed E-state index contributed by atoms with van der Waals surface area (Å²) in [5.41, 5.74) is 2.17. The SMILES string of the molecule is CCNC(=O)CN1CCCN(C(=O)c2ccc(C3CCCCC3)cc2)CC1. The van der Waals surface area contributed by atoms with Gasteiger partial charge in [0, 0.05) is 38.3 Å². The van der Waals surface area contributed by atoms with Gasteiger partial charge in [-0.05, 0) is 49.8 Å². The van der Waals surface area contributed by atoms with Crippen LogP contribution in [0.1, 0.15) is 67.3 Å². The molecule has 3 rings (SSSR count). The number of benzene rings is 1. The van der Waals surface area contributed by atoms with Crippen molar-refractivity contribution in [2.75, 3.05) is 39.3 Å². The molecule has 1 aliphatic carbocycles. The fourth-order valence-electron chi connectivity index (χ4n) is 4.30. The topological polar surface area (TPSA) is 52.7 Å². The summed E-state index contributed by atoms with van der Waals surface area (Å²) in [7, 11) is 0. The minimum Gasteiger partial charge on any atom is -0.355 e. The number of rotatable bonds is 5. The van der Waals surface area contributed by atoms with Gasteiger partial charge in [0.25, 0.3) is 5.91 Å². The van der Waals surface area contributed by atoms with Crippen LogP contribution in [0.15, 0.2) is 24.3 Å². The van der Waals surface area contributed by atoms with E-state index in [1.165, 1.54) is 37.7 Å². The van der Waals surface area contributed by atoms with E-state index < -0.39 is 0 Å². The Labute approximate surface area is 163 Å². The molecule has 2 aliphatic rings. The second-order valence-corrected chi connectivity index (χ2v) is 7.83. The Kier molecular flexibility index (Phi) is 7.27. The fraction of sp³-hybridized carbons (Fsp3) is 0.636. The van der Waals surface area contributed by atoms with E-state index in [0.717, 1.165) is 31.6 Å². The molecule has 0 spiro atoms. The van der Waals surface area contributed by atoms with E-state index in [0.29, 0.717) is 25.6 Å². The second kappa shape index (κ2) is 9.88. The van der Waals surface area contributed by atoms with Crippen LogP contribution < -0.4 is 5.32 Å². The van der Waals surface area contributed by atoms with Gasteiger partial charge in [-0.25, -0.2) is 0 Å². The molecule has 0 unspecified atom stereocenters. The summed E-state index contributed by atoms with van der Waals surface area (Å²) in [6.45, 7) is 6.07. The van der Waals surface area contributed by atoms with Crippen molar-refractivity contribution in [1.29, 1.82) is 0 Å². The summed E-state index contributed by atoms with van der Waals surface area (Å²) in [6, 6.07) is 8.32. The van der Waals surface area contributed by atoms with Crippen molar-refractivity contribution in [3.05, 3.63) is 35.4 Å². The highest BCUT2D eigenvalue weighted by molar-refractivity contribution is 5.94. The molecular weight excluding hydrogens is 338 g/mol. The van der Waals surface area contributed by atoms with E-state index in [-0.39, 0.29) is 11.8 Å². The van der Waals surface area contributed by atoms with Crippen molar-refractivity contribution in [2.45, 2.75) is 51.4 Å². The predicted octanol–water partition coefficient (Wildman–Crippen LogP) is 3.02. The number of amides is 2. The smallest absolute Gasteiger partial charge is 0.253 e. The molecule has 5 nitrogen and oxygen atoms in total. The molecule has 27 heavy (non-hydrogen) atoms. The first-order valence-electron chi connectivity index (χ1n) is 10.6. The zero-order valence-corrected chi connectivity index (χ0v) is 16.6. The maximum Gasteiger partial charge on any atom is 0.253 e. The van der Waals surface area contributed by atoms with E-state index in [9.17, 15) is 9.59 Å². The van der Waals surface area contributed by atoms with Gasteiger partial charge in [0.2, 0.25) is 5.91 Å². The first kappa shape index (κ1) is 19.9. The summed E-state index contributed by atoms with van der Waals surface area (Å²) in [4.78, 5) is 28.8. The lowest BCUT2D eigenvalue weighted by atomic mass is 9.84. The Bertz CT molecular complexity index is 623. The van der Waals surface area contributed by atoms with Gasteiger partial charge >= 0.3 is 0 Å². The van der Waals surface area contributed by atoms with E-state index in [4.69, 9.17) is 0 Å². The molecule has 0 bridgehead atoms. The molecule has 1 saturated carbocycles. The largest absolute Gasteiger partial charge is 0.355 e. The van der Waals surface area contributed by atoms with Crippen LogP contribution in [0.5, 0.6) is 0 Å². The number of hydrogen-bond donors (Lipinski definition) is 1. The van der Waals surface area contributed by atoms with Crippen LogP contribution in [0.4, 0.5) is 0 Å². The van der Waals surface area contributed by atoms with Gasteiger partial charge in [-0.1, -0.05) is 31.4 Å². The third-order valence-electron chi connectivity index (χ3n) is 5.85. The highest BCUT2D eigenvalue weighted by Crippen LogP contribution is 2.32. The molecule has 5 heteroatoms. The lowest BCUT2D eigenvalue weighted by Gasteiger charge is -2.23. The van der Waals surface area contributed by atoms with Gasteiger partial charge in [0.1, 0.15) is 0 Å². The van der Waals surface area contributed by atoms with E-state index in [2.05, 4.69) is 22.3 Å². The van der Waals surface area contributed by atoms with Crippen LogP contribution in [-0.2, 0) is 4.79 Å². The third-order valence-corrected chi connectivity index (χ3v) is 5.85. The third kappa shape index (κ3) is 5.55. The Morgan fingerprint density at radius 1 is 0.963 bits per heavy atom. The molecule has 1 saturated heterocycles. The molecule has 1 aliphatic heterocycles. The quantitative estimate of drug-likeness (QED) is 0.866. The monoisotopic (exact) mass is 371 g/mol. The van der Waals surface area contributed by atoms with Crippen LogP contribution in [0.3, 0.4) is 0 Å². The molecule has 1 heterocycles. The molecule has 1 aromatic rings. The Morgan fingerprint density at radius 2 is 1.70 bits per heavy atom. The van der Waals surface area contributed by atoms with Gasteiger partial charge in [-0.2, -0.15) is 0 Å². The van der Waals surface area contributed by atoms with Gasteiger partial charge in [0.05, 0.1) is 6.54 Å². The van der Waals surface area contributed by atoms with E-state index in [1.807, 2.05) is 24.0 Å². The first-order valence-corrected chi connectivity index (χ1v) is 10.6. The van der Waals surface area contributed by atoms with Crippen molar-refractivity contribution in [2.24, 2.45) is 0 Å². The van der Waals surface area contributed by atoms with Gasteiger partial charge in [-0.3, -0.25) is 14.5 Å². The van der Waals surface area contributed by atoms with Gasteiger partial charge in [-0.15, -0.1) is 0 Å². The molecule has 0 aromatic heterocycles. The number of nitrogens with one attached hydrogen (secondary N) is 1. The summed E-state index contributed by atoms with van der Waals surface area (Å²) in [5, 5.41) is 2.84. The van der Waals surface area contributed by atoms with Crippen molar-refractivity contribution in [1.82, 2.24) is 15.1 Å². The highest BCUT2D eigenvalue weighted by Gasteiger charge is 2.22. The molecule has 0 radical (unpaired) electrons. The van der Waals surface area contributed by atoms with Crippen LogP contribution in [0, 0.1) is 0 Å².